The number of allylic oxidation sites excluding steroid dienone is 2. The lowest BCUT2D eigenvalue weighted by Gasteiger charge is -2.00. The lowest BCUT2D eigenvalue weighted by molar-refractivity contribution is 1.24. The standard InChI is InChI=1S/2C10H10/c2*1-8-4-2-5-9-6-3-7-10(8)9/h2-5,7H,6H2,1H3;2-6H,7H2,1H3. The van der Waals surface area contributed by atoms with Crippen LogP contribution in [-0.4, -0.2) is 0 Å². The maximum absolute atomic E-state index is 2.22. The third-order valence-electron chi connectivity index (χ3n) is 4.10. The highest BCUT2D eigenvalue weighted by Crippen LogP contribution is 2.22. The molecule has 100 valence electrons. The maximum Gasteiger partial charge on any atom is -0.00855 e. The van der Waals surface area contributed by atoms with E-state index in [1.807, 2.05) is 0 Å². The Hall–Kier alpha value is -2.08. The van der Waals surface area contributed by atoms with Crippen molar-refractivity contribution >= 4 is 12.2 Å². The van der Waals surface area contributed by atoms with Crippen LogP contribution in [0.15, 0.2) is 48.6 Å². The summed E-state index contributed by atoms with van der Waals surface area (Å²) in [4.78, 5) is 0. The van der Waals surface area contributed by atoms with Crippen molar-refractivity contribution in [2.24, 2.45) is 0 Å². The normalized spacial score (nSPS) is 13.7. The van der Waals surface area contributed by atoms with Crippen molar-refractivity contribution in [2.75, 3.05) is 0 Å². The van der Waals surface area contributed by atoms with Gasteiger partial charge in [0.25, 0.3) is 0 Å². The fraction of sp³-hybridized carbons (Fsp3) is 0.200. The summed E-state index contributed by atoms with van der Waals surface area (Å²) in [7, 11) is 0. The Balaban J connectivity index is 0.000000121. The zero-order valence-corrected chi connectivity index (χ0v) is 12.2. The molecule has 2 aliphatic carbocycles. The van der Waals surface area contributed by atoms with E-state index >= 15 is 0 Å². The average molecular weight is 260 g/mol. The van der Waals surface area contributed by atoms with Crippen LogP contribution in [-0.2, 0) is 12.8 Å². The van der Waals surface area contributed by atoms with Crippen LogP contribution in [0, 0.1) is 13.8 Å². The smallest absolute Gasteiger partial charge is 0.00855 e. The fourth-order valence-corrected chi connectivity index (χ4v) is 2.93. The molecule has 0 aromatic heterocycles. The van der Waals surface area contributed by atoms with Gasteiger partial charge < -0.3 is 0 Å². The quantitative estimate of drug-likeness (QED) is 0.616. The number of aryl methyl sites for hydroxylation is 2. The van der Waals surface area contributed by atoms with Gasteiger partial charge in [-0.3, -0.25) is 0 Å². The second-order valence-corrected chi connectivity index (χ2v) is 5.50. The van der Waals surface area contributed by atoms with Crippen LogP contribution in [0.25, 0.3) is 12.2 Å². The van der Waals surface area contributed by atoms with Crippen molar-refractivity contribution < 1.29 is 0 Å². The first-order valence-corrected chi connectivity index (χ1v) is 7.26. The van der Waals surface area contributed by atoms with Crippen molar-refractivity contribution in [2.45, 2.75) is 26.7 Å². The summed E-state index contributed by atoms with van der Waals surface area (Å²) < 4.78 is 0. The molecule has 0 saturated heterocycles. The monoisotopic (exact) mass is 260 g/mol. The second kappa shape index (κ2) is 5.50. The third kappa shape index (κ3) is 2.46. The topological polar surface area (TPSA) is 0 Å². The van der Waals surface area contributed by atoms with Gasteiger partial charge in [-0.05, 0) is 60.1 Å². The van der Waals surface area contributed by atoms with Gasteiger partial charge in [0, 0.05) is 0 Å². The number of fused-ring (bicyclic) bond motifs is 2. The summed E-state index contributed by atoms with van der Waals surface area (Å²) in [5.41, 5.74) is 8.62. The first-order valence-electron chi connectivity index (χ1n) is 7.26. The molecular formula is C20H20. The molecule has 4 rings (SSSR count). The summed E-state index contributed by atoms with van der Waals surface area (Å²) in [6, 6.07) is 12.9. The second-order valence-electron chi connectivity index (χ2n) is 5.50. The summed E-state index contributed by atoms with van der Waals surface area (Å²) in [6.45, 7) is 4.33. The van der Waals surface area contributed by atoms with Crippen LogP contribution >= 0.6 is 0 Å². The van der Waals surface area contributed by atoms with Gasteiger partial charge in [-0.25, -0.2) is 0 Å². The van der Waals surface area contributed by atoms with Gasteiger partial charge >= 0.3 is 0 Å². The average Bonchev–Trinajstić information content (AvgIpc) is 3.08. The van der Waals surface area contributed by atoms with Crippen LogP contribution in [0.1, 0.15) is 33.4 Å². The fourth-order valence-electron chi connectivity index (χ4n) is 2.93. The molecular weight excluding hydrogens is 240 g/mol. The molecule has 20 heavy (non-hydrogen) atoms. The molecule has 0 amide bonds. The van der Waals surface area contributed by atoms with E-state index in [-0.39, 0.29) is 0 Å². The van der Waals surface area contributed by atoms with Crippen LogP contribution in [0.4, 0.5) is 0 Å². The molecule has 0 heterocycles. The van der Waals surface area contributed by atoms with Gasteiger partial charge in [0.05, 0.1) is 0 Å². The Bertz CT molecular complexity index is 687. The minimum absolute atomic E-state index is 1.12. The molecule has 0 heteroatoms. The number of rotatable bonds is 0. The summed E-state index contributed by atoms with van der Waals surface area (Å²) in [5.74, 6) is 0. The number of hydrogen-bond acceptors (Lipinski definition) is 0. The van der Waals surface area contributed by atoms with E-state index in [0.717, 1.165) is 12.8 Å². The van der Waals surface area contributed by atoms with Gasteiger partial charge in [0.1, 0.15) is 0 Å². The largest absolute Gasteiger partial charge is 0.0795 e. The predicted octanol–water partition coefficient (Wildman–Crippen LogP) is 5.13. The van der Waals surface area contributed by atoms with Crippen molar-refractivity contribution in [3.63, 3.8) is 0 Å². The Morgan fingerprint density at radius 2 is 1.50 bits per heavy atom. The van der Waals surface area contributed by atoms with Gasteiger partial charge in [-0.1, -0.05) is 60.7 Å². The van der Waals surface area contributed by atoms with E-state index in [0.29, 0.717) is 0 Å². The highest BCUT2D eigenvalue weighted by Gasteiger charge is 2.05. The van der Waals surface area contributed by atoms with Gasteiger partial charge in [-0.2, -0.15) is 0 Å². The summed E-state index contributed by atoms with van der Waals surface area (Å²) in [5, 5.41) is 0. The Labute approximate surface area is 121 Å². The molecule has 0 bridgehead atoms. The number of hydrogen-bond donors (Lipinski definition) is 0. The molecule has 0 nitrogen and oxygen atoms in total. The highest BCUT2D eigenvalue weighted by molar-refractivity contribution is 5.63. The number of benzene rings is 2. The van der Waals surface area contributed by atoms with Crippen molar-refractivity contribution in [3.8, 4) is 0 Å². The van der Waals surface area contributed by atoms with E-state index in [4.69, 9.17) is 0 Å². The Morgan fingerprint density at radius 3 is 2.30 bits per heavy atom. The van der Waals surface area contributed by atoms with E-state index in [1.54, 1.807) is 0 Å². The minimum atomic E-state index is 1.12. The predicted molar refractivity (Wildman–Crippen MR) is 87.8 cm³/mol. The Morgan fingerprint density at radius 1 is 0.750 bits per heavy atom. The molecule has 2 aliphatic rings. The van der Waals surface area contributed by atoms with Gasteiger partial charge in [0.2, 0.25) is 0 Å². The first-order chi connectivity index (χ1) is 9.75. The zero-order chi connectivity index (χ0) is 13.9. The van der Waals surface area contributed by atoms with E-state index in [9.17, 15) is 0 Å². The zero-order valence-electron chi connectivity index (χ0n) is 12.2. The Kier molecular flexibility index (Phi) is 3.56. The van der Waals surface area contributed by atoms with E-state index in [2.05, 4.69) is 74.5 Å². The van der Waals surface area contributed by atoms with Gasteiger partial charge in [0.15, 0.2) is 0 Å². The molecule has 0 atom stereocenters. The maximum atomic E-state index is 2.22. The SMILES string of the molecule is Cc1cccc2c1C=CC2.Cc1cccc2c1CC=C2. The lowest BCUT2D eigenvalue weighted by atomic mass is 10.0. The third-order valence-corrected chi connectivity index (χ3v) is 4.10. The molecule has 0 saturated carbocycles. The molecule has 0 aliphatic heterocycles. The van der Waals surface area contributed by atoms with Crippen LogP contribution in [0.5, 0.6) is 0 Å². The van der Waals surface area contributed by atoms with Crippen LogP contribution in [0.2, 0.25) is 0 Å². The van der Waals surface area contributed by atoms with Crippen molar-refractivity contribution in [1.29, 1.82) is 0 Å². The van der Waals surface area contributed by atoms with E-state index < -0.39 is 0 Å². The molecule has 0 N–H and O–H groups in total. The van der Waals surface area contributed by atoms with Crippen molar-refractivity contribution in [1.82, 2.24) is 0 Å². The van der Waals surface area contributed by atoms with Crippen LogP contribution < -0.4 is 0 Å². The summed E-state index contributed by atoms with van der Waals surface area (Å²) in [6.07, 6.45) is 11.1. The molecule has 0 spiro atoms. The molecule has 2 aromatic rings. The molecule has 0 fully saturated rings. The minimum Gasteiger partial charge on any atom is -0.0795 e. The highest BCUT2D eigenvalue weighted by atomic mass is 14.1. The molecule has 0 radical (unpaired) electrons. The first kappa shape index (κ1) is 12.9. The molecule has 0 unspecified atom stereocenters. The molecule has 2 aromatic carbocycles. The summed E-state index contributed by atoms with van der Waals surface area (Å²) >= 11 is 0. The van der Waals surface area contributed by atoms with Gasteiger partial charge in [-0.15, -0.1) is 0 Å². The lowest BCUT2D eigenvalue weighted by Crippen LogP contribution is -1.84. The van der Waals surface area contributed by atoms with Crippen molar-refractivity contribution in [3.05, 3.63) is 81.9 Å². The van der Waals surface area contributed by atoms with Crippen LogP contribution in [0.3, 0.4) is 0 Å². The van der Waals surface area contributed by atoms with E-state index in [1.165, 1.54) is 33.4 Å².